The van der Waals surface area contributed by atoms with Gasteiger partial charge in [0.05, 0.1) is 12.5 Å². The summed E-state index contributed by atoms with van der Waals surface area (Å²) in [6.45, 7) is 6.24. The van der Waals surface area contributed by atoms with E-state index in [-0.39, 0.29) is 17.1 Å². The second-order valence-corrected chi connectivity index (χ2v) is 8.02. The lowest BCUT2D eigenvalue weighted by Gasteiger charge is -2.23. The van der Waals surface area contributed by atoms with E-state index in [9.17, 15) is 9.59 Å². The Morgan fingerprint density at radius 3 is 2.50 bits per heavy atom. The molecule has 1 aliphatic rings. The number of nitrogens with zero attached hydrogens (tertiary/aromatic N) is 1. The Morgan fingerprint density at radius 2 is 1.95 bits per heavy atom. The molecule has 1 atom stereocenters. The number of thioether (sulfide) groups is 1. The largest absolute Gasteiger partial charge is 0.468 e. The average molecular weight is 339 g/mol. The normalized spacial score (nSPS) is 19.2. The van der Waals surface area contributed by atoms with Gasteiger partial charge in [0, 0.05) is 17.2 Å². The number of carbonyl (C=O) groups is 2. The lowest BCUT2D eigenvalue weighted by Crippen LogP contribution is -2.30. The van der Waals surface area contributed by atoms with Crippen LogP contribution in [0.3, 0.4) is 0 Å². The summed E-state index contributed by atoms with van der Waals surface area (Å²) < 4.78 is 6.97. The first-order valence-corrected chi connectivity index (χ1v) is 8.94. The van der Waals surface area contributed by atoms with E-state index in [0.29, 0.717) is 0 Å². The second-order valence-electron chi connectivity index (χ2n) is 5.71. The molecular weight excluding hydrogens is 318 g/mol. The van der Waals surface area contributed by atoms with Gasteiger partial charge >= 0.3 is 5.97 Å². The maximum atomic E-state index is 11.8. The molecule has 0 radical (unpaired) electrons. The van der Waals surface area contributed by atoms with Crippen molar-refractivity contribution in [3.8, 4) is 0 Å². The van der Waals surface area contributed by atoms with Crippen LogP contribution in [-0.2, 0) is 19.7 Å². The molecule has 0 aliphatic carbocycles. The van der Waals surface area contributed by atoms with E-state index in [1.165, 1.54) is 7.11 Å². The van der Waals surface area contributed by atoms with Crippen molar-refractivity contribution in [2.75, 3.05) is 19.4 Å². The van der Waals surface area contributed by atoms with Crippen molar-refractivity contribution >= 4 is 35.5 Å². The predicted molar refractivity (Wildman–Crippen MR) is 91.0 cm³/mol. The van der Waals surface area contributed by atoms with Crippen LogP contribution < -0.4 is 0 Å². The third-order valence-electron chi connectivity index (χ3n) is 3.69. The van der Waals surface area contributed by atoms with Gasteiger partial charge in [-0.25, -0.2) is 4.31 Å². The van der Waals surface area contributed by atoms with Gasteiger partial charge in [0.2, 0.25) is 0 Å². The van der Waals surface area contributed by atoms with Gasteiger partial charge in [0.15, 0.2) is 5.78 Å². The van der Waals surface area contributed by atoms with Crippen LogP contribution in [0.5, 0.6) is 0 Å². The summed E-state index contributed by atoms with van der Waals surface area (Å²) in [6.07, 6.45) is 0. The zero-order valence-electron chi connectivity index (χ0n) is 13.3. The lowest BCUT2D eigenvalue weighted by atomic mass is 9.85. The standard InChI is InChI=1S/C16H21NO3S2/c1-11(18)14-17(9-10-21-14)22-13-7-5-12(6-8-13)16(2,3)15(19)20-4/h5-8,14H,9-10H2,1-4H3. The summed E-state index contributed by atoms with van der Waals surface area (Å²) in [6, 6.07) is 7.88. The highest BCUT2D eigenvalue weighted by Crippen LogP contribution is 2.35. The number of Topliss-reactive ketones (excluding diaryl/α,β-unsaturated/α-hetero) is 1. The van der Waals surface area contributed by atoms with Crippen molar-refractivity contribution in [2.45, 2.75) is 36.5 Å². The van der Waals surface area contributed by atoms with Crippen LogP contribution in [0.1, 0.15) is 26.3 Å². The molecule has 120 valence electrons. The van der Waals surface area contributed by atoms with Crippen molar-refractivity contribution in [3.05, 3.63) is 29.8 Å². The lowest BCUT2D eigenvalue weighted by molar-refractivity contribution is -0.146. The molecule has 1 unspecified atom stereocenters. The Balaban J connectivity index is 2.09. The average Bonchev–Trinajstić information content (AvgIpc) is 2.95. The van der Waals surface area contributed by atoms with Crippen molar-refractivity contribution < 1.29 is 14.3 Å². The fourth-order valence-corrected chi connectivity index (χ4v) is 4.72. The molecule has 1 saturated heterocycles. The summed E-state index contributed by atoms with van der Waals surface area (Å²) >= 11 is 3.28. The first-order chi connectivity index (χ1) is 10.4. The van der Waals surface area contributed by atoms with Crippen LogP contribution in [0, 0.1) is 0 Å². The molecule has 0 amide bonds. The number of hydrogen-bond acceptors (Lipinski definition) is 6. The Bertz CT molecular complexity index is 557. The number of esters is 1. The van der Waals surface area contributed by atoms with Crippen LogP contribution in [-0.4, -0.2) is 40.8 Å². The smallest absolute Gasteiger partial charge is 0.315 e. The molecule has 0 bridgehead atoms. The summed E-state index contributed by atoms with van der Waals surface area (Å²) in [5.41, 5.74) is 0.256. The van der Waals surface area contributed by atoms with Crippen LogP contribution in [0.4, 0.5) is 0 Å². The molecule has 1 heterocycles. The van der Waals surface area contributed by atoms with Crippen LogP contribution in [0.2, 0.25) is 0 Å². The third kappa shape index (κ3) is 3.67. The molecule has 6 heteroatoms. The van der Waals surface area contributed by atoms with Crippen molar-refractivity contribution in [2.24, 2.45) is 0 Å². The topological polar surface area (TPSA) is 46.6 Å². The first-order valence-electron chi connectivity index (χ1n) is 7.12. The molecule has 0 aromatic heterocycles. The first kappa shape index (κ1) is 17.4. The summed E-state index contributed by atoms with van der Waals surface area (Å²) in [5.74, 6) is 0.920. The molecule has 1 aromatic rings. The van der Waals surface area contributed by atoms with Gasteiger partial charge in [-0.15, -0.1) is 11.8 Å². The maximum absolute atomic E-state index is 11.8. The number of ketones is 1. The Kier molecular flexibility index (Phi) is 5.58. The van der Waals surface area contributed by atoms with E-state index >= 15 is 0 Å². The quantitative estimate of drug-likeness (QED) is 0.607. The fraction of sp³-hybridized carbons (Fsp3) is 0.500. The van der Waals surface area contributed by atoms with Gasteiger partial charge in [-0.2, -0.15) is 0 Å². The molecule has 1 aromatic carbocycles. The fourth-order valence-electron chi connectivity index (χ4n) is 2.31. The highest BCUT2D eigenvalue weighted by atomic mass is 32.2. The molecule has 0 N–H and O–H groups in total. The summed E-state index contributed by atoms with van der Waals surface area (Å²) in [7, 11) is 1.40. The maximum Gasteiger partial charge on any atom is 0.315 e. The van der Waals surface area contributed by atoms with Gasteiger partial charge in [-0.3, -0.25) is 9.59 Å². The number of ether oxygens (including phenoxy) is 1. The minimum absolute atomic E-state index is 0.0591. The number of carbonyl (C=O) groups excluding carboxylic acids is 2. The SMILES string of the molecule is COC(=O)C(C)(C)c1ccc(SN2CCSC2C(C)=O)cc1. The van der Waals surface area contributed by atoms with Gasteiger partial charge in [-0.05, 0) is 50.4 Å². The Labute approximate surface area is 140 Å². The van der Waals surface area contributed by atoms with Gasteiger partial charge in [0.1, 0.15) is 5.37 Å². The van der Waals surface area contributed by atoms with Crippen LogP contribution in [0.15, 0.2) is 29.2 Å². The number of rotatable bonds is 5. The zero-order chi connectivity index (χ0) is 16.3. The molecule has 2 rings (SSSR count). The molecule has 4 nitrogen and oxygen atoms in total. The summed E-state index contributed by atoms with van der Waals surface area (Å²) in [4.78, 5) is 24.5. The van der Waals surface area contributed by atoms with Crippen LogP contribution in [0.25, 0.3) is 0 Å². The van der Waals surface area contributed by atoms with E-state index in [4.69, 9.17) is 4.74 Å². The Hall–Kier alpha value is -0.980. The zero-order valence-corrected chi connectivity index (χ0v) is 14.9. The highest BCUT2D eigenvalue weighted by Gasteiger charge is 2.32. The number of hydrogen-bond donors (Lipinski definition) is 0. The minimum atomic E-state index is -0.663. The number of benzene rings is 1. The molecule has 1 fully saturated rings. The van der Waals surface area contributed by atoms with Crippen molar-refractivity contribution in [1.82, 2.24) is 4.31 Å². The monoisotopic (exact) mass is 339 g/mol. The van der Waals surface area contributed by atoms with E-state index in [1.54, 1.807) is 30.6 Å². The van der Waals surface area contributed by atoms with Crippen molar-refractivity contribution in [3.63, 3.8) is 0 Å². The van der Waals surface area contributed by atoms with E-state index in [2.05, 4.69) is 4.31 Å². The van der Waals surface area contributed by atoms with E-state index in [1.807, 2.05) is 38.1 Å². The highest BCUT2D eigenvalue weighted by molar-refractivity contribution is 8.03. The summed E-state index contributed by atoms with van der Waals surface area (Å²) in [5, 5.41) is -0.0591. The molecule has 0 spiro atoms. The minimum Gasteiger partial charge on any atom is -0.468 e. The molecular formula is C16H21NO3S2. The second kappa shape index (κ2) is 7.06. The van der Waals surface area contributed by atoms with E-state index < -0.39 is 5.41 Å². The van der Waals surface area contributed by atoms with Gasteiger partial charge < -0.3 is 4.74 Å². The Morgan fingerprint density at radius 1 is 1.32 bits per heavy atom. The van der Waals surface area contributed by atoms with Crippen LogP contribution >= 0.6 is 23.7 Å². The molecule has 1 aliphatic heterocycles. The van der Waals surface area contributed by atoms with Gasteiger partial charge in [0.25, 0.3) is 0 Å². The van der Waals surface area contributed by atoms with Crippen molar-refractivity contribution in [1.29, 1.82) is 0 Å². The van der Waals surface area contributed by atoms with E-state index in [0.717, 1.165) is 22.8 Å². The molecule has 22 heavy (non-hydrogen) atoms. The molecule has 0 saturated carbocycles. The van der Waals surface area contributed by atoms with Gasteiger partial charge in [-0.1, -0.05) is 12.1 Å². The number of methoxy groups -OCH3 is 1. The third-order valence-corrected chi connectivity index (χ3v) is 6.26. The predicted octanol–water partition coefficient (Wildman–Crippen LogP) is 3.11.